The number of nitrogens with zero attached hydrogens (tertiary/aromatic N) is 3. The molecule has 2 saturated heterocycles. The number of aliphatic hydroxyl groups excluding tert-OH is 1. The van der Waals surface area contributed by atoms with Crippen LogP contribution in [0.1, 0.15) is 107 Å². The predicted octanol–water partition coefficient (Wildman–Crippen LogP) is 6.03. The molecule has 1 aromatic carbocycles. The van der Waals surface area contributed by atoms with Crippen molar-refractivity contribution in [1.82, 2.24) is 19.7 Å². The van der Waals surface area contributed by atoms with Gasteiger partial charge in [-0.3, -0.25) is 14.5 Å². The number of carbonyl (C=O) groups is 2. The standard InChI is InChI=1S/C39H48N4O3/c1-3-38-12-5-15-40-33-28(21-31(45)35(46)32(33)26-11-19-41(36(26)38)16-6-13-38)30-22-39(4-2)14-7-17-42-18-10-25-27-20-24(23-44)8-9-29(27)43(30)34(25)37(39)42/h8-9,20-21,30,37,40,44H,3-7,10-19,22-23H2,1-2H3. The van der Waals surface area contributed by atoms with Crippen LogP contribution < -0.4 is 5.32 Å². The summed E-state index contributed by atoms with van der Waals surface area (Å²) in [4.78, 5) is 33.4. The van der Waals surface area contributed by atoms with Gasteiger partial charge in [-0.2, -0.15) is 0 Å². The molecule has 7 heterocycles. The highest BCUT2D eigenvalue weighted by Crippen LogP contribution is 2.62. The molecule has 7 aliphatic rings. The molecular formula is C39H48N4O3. The number of aromatic nitrogens is 1. The highest BCUT2D eigenvalue weighted by atomic mass is 16.3. The number of piperidine rings is 2. The van der Waals surface area contributed by atoms with E-state index >= 15 is 0 Å². The Balaban J connectivity index is 1.30. The van der Waals surface area contributed by atoms with Crippen molar-refractivity contribution in [2.24, 2.45) is 10.8 Å². The summed E-state index contributed by atoms with van der Waals surface area (Å²) in [7, 11) is 0. The van der Waals surface area contributed by atoms with Gasteiger partial charge in [0.2, 0.25) is 11.6 Å². The molecule has 6 aliphatic heterocycles. The first-order chi connectivity index (χ1) is 22.4. The fraction of sp³-hybridized carbons (Fsp3) is 0.590. The van der Waals surface area contributed by atoms with Gasteiger partial charge in [0.1, 0.15) is 0 Å². The average molecular weight is 621 g/mol. The number of rotatable bonds is 4. The Bertz CT molecular complexity index is 1780. The first kappa shape index (κ1) is 29.0. The van der Waals surface area contributed by atoms with Gasteiger partial charge in [-0.15, -0.1) is 0 Å². The number of benzene rings is 1. The molecule has 2 aromatic rings. The molecule has 1 aromatic heterocycles. The molecule has 2 N–H and O–H groups in total. The smallest absolute Gasteiger partial charge is 0.235 e. The number of allylic oxidation sites excluding steroid dienone is 4. The fourth-order valence-corrected chi connectivity index (χ4v) is 11.5. The Kier molecular flexibility index (Phi) is 6.57. The van der Waals surface area contributed by atoms with Crippen molar-refractivity contribution in [2.45, 2.75) is 103 Å². The van der Waals surface area contributed by atoms with Crippen LogP contribution >= 0.6 is 0 Å². The Labute approximate surface area is 272 Å². The number of hydrogen-bond acceptors (Lipinski definition) is 6. The van der Waals surface area contributed by atoms with Crippen LogP contribution in [0.3, 0.4) is 0 Å². The van der Waals surface area contributed by atoms with E-state index in [1.54, 1.807) is 6.08 Å². The molecule has 7 nitrogen and oxygen atoms in total. The van der Waals surface area contributed by atoms with Crippen molar-refractivity contribution < 1.29 is 14.7 Å². The Morgan fingerprint density at radius 2 is 1.83 bits per heavy atom. The summed E-state index contributed by atoms with van der Waals surface area (Å²) in [5, 5.41) is 15.2. The van der Waals surface area contributed by atoms with E-state index in [4.69, 9.17) is 0 Å². The molecule has 0 radical (unpaired) electrons. The molecule has 1 aliphatic carbocycles. The van der Waals surface area contributed by atoms with Gasteiger partial charge < -0.3 is 19.9 Å². The second-order valence-corrected chi connectivity index (χ2v) is 15.3. The molecule has 0 saturated carbocycles. The molecule has 242 valence electrons. The van der Waals surface area contributed by atoms with Crippen LogP contribution in [0.4, 0.5) is 0 Å². The molecule has 0 bridgehead atoms. The molecular weight excluding hydrogens is 572 g/mol. The van der Waals surface area contributed by atoms with E-state index < -0.39 is 0 Å². The lowest BCUT2D eigenvalue weighted by atomic mass is 9.62. The SMILES string of the molecule is CCC12CCCNC3=C(C(=O)C(=O)C=C3C3CC4(CC)CCCN5CCc6c(n3c3ccc(CO)cc63)C54)C3=C1N(CCC2)CC3. The minimum absolute atomic E-state index is 0.0312. The first-order valence-electron chi connectivity index (χ1n) is 18.2. The maximum Gasteiger partial charge on any atom is 0.235 e. The zero-order chi connectivity index (χ0) is 31.4. The third kappa shape index (κ3) is 3.79. The summed E-state index contributed by atoms with van der Waals surface area (Å²) in [6.07, 6.45) is 13.6. The Hall–Kier alpha value is -3.16. The molecule has 9 rings (SSSR count). The zero-order valence-corrected chi connectivity index (χ0v) is 27.6. The van der Waals surface area contributed by atoms with Gasteiger partial charge in [0.25, 0.3) is 0 Å². The van der Waals surface area contributed by atoms with E-state index in [2.05, 4.69) is 51.7 Å². The number of carbonyl (C=O) groups excluding carboxylic acids is 2. The third-order valence-electron chi connectivity index (χ3n) is 13.6. The summed E-state index contributed by atoms with van der Waals surface area (Å²) < 4.78 is 2.59. The lowest BCUT2D eigenvalue weighted by Gasteiger charge is -2.57. The Morgan fingerprint density at radius 1 is 0.978 bits per heavy atom. The van der Waals surface area contributed by atoms with Gasteiger partial charge in [-0.25, -0.2) is 0 Å². The van der Waals surface area contributed by atoms with Gasteiger partial charge in [-0.05, 0) is 117 Å². The van der Waals surface area contributed by atoms with E-state index in [0.717, 1.165) is 100 Å². The third-order valence-corrected chi connectivity index (χ3v) is 13.6. The van der Waals surface area contributed by atoms with E-state index in [0.29, 0.717) is 11.6 Å². The number of fused-ring (bicyclic) bond motifs is 4. The van der Waals surface area contributed by atoms with Gasteiger partial charge in [0, 0.05) is 59.5 Å². The van der Waals surface area contributed by atoms with Crippen molar-refractivity contribution >= 4 is 22.5 Å². The molecule has 2 fully saturated rings. The lowest BCUT2D eigenvalue weighted by molar-refractivity contribution is -0.131. The number of aliphatic hydroxyl groups is 1. The van der Waals surface area contributed by atoms with Gasteiger partial charge in [0.05, 0.1) is 30.0 Å². The number of ketones is 2. The largest absolute Gasteiger partial charge is 0.392 e. The summed E-state index contributed by atoms with van der Waals surface area (Å²) in [6.45, 7) is 9.76. The number of nitrogens with one attached hydrogen (secondary N) is 1. The zero-order valence-electron chi connectivity index (χ0n) is 27.6. The van der Waals surface area contributed by atoms with E-state index in [-0.39, 0.29) is 35.0 Å². The van der Waals surface area contributed by atoms with Crippen LogP contribution in [0.5, 0.6) is 0 Å². The molecule has 7 heteroatoms. The molecule has 0 spiro atoms. The van der Waals surface area contributed by atoms with Crippen LogP contribution in [-0.2, 0) is 22.6 Å². The topological polar surface area (TPSA) is 77.8 Å². The maximum absolute atomic E-state index is 14.2. The van der Waals surface area contributed by atoms with Gasteiger partial charge in [-0.1, -0.05) is 19.9 Å². The minimum Gasteiger partial charge on any atom is -0.392 e. The number of Topliss-reactive ketones (excluding diaryl/α,β-unsaturated/α-hetero) is 1. The van der Waals surface area contributed by atoms with Crippen LogP contribution in [0.2, 0.25) is 0 Å². The van der Waals surface area contributed by atoms with E-state index in [1.807, 2.05) is 0 Å². The summed E-state index contributed by atoms with van der Waals surface area (Å²) in [6, 6.07) is 6.80. The summed E-state index contributed by atoms with van der Waals surface area (Å²) in [5.41, 5.74) is 10.4. The van der Waals surface area contributed by atoms with Gasteiger partial charge >= 0.3 is 0 Å². The predicted molar refractivity (Wildman–Crippen MR) is 179 cm³/mol. The molecule has 46 heavy (non-hydrogen) atoms. The quantitative estimate of drug-likeness (QED) is 0.321. The van der Waals surface area contributed by atoms with Crippen LogP contribution in [-0.4, -0.2) is 63.8 Å². The summed E-state index contributed by atoms with van der Waals surface area (Å²) in [5.74, 6) is -0.673. The average Bonchev–Trinajstić information content (AvgIpc) is 3.68. The maximum atomic E-state index is 14.2. The Morgan fingerprint density at radius 3 is 2.65 bits per heavy atom. The summed E-state index contributed by atoms with van der Waals surface area (Å²) >= 11 is 0. The minimum atomic E-state index is -0.356. The molecule has 4 atom stereocenters. The van der Waals surface area contributed by atoms with Crippen molar-refractivity contribution in [1.29, 1.82) is 0 Å². The van der Waals surface area contributed by atoms with Crippen LogP contribution in [0.25, 0.3) is 10.9 Å². The van der Waals surface area contributed by atoms with Crippen molar-refractivity contribution in [3.63, 3.8) is 0 Å². The monoisotopic (exact) mass is 620 g/mol. The van der Waals surface area contributed by atoms with E-state index in [9.17, 15) is 14.7 Å². The van der Waals surface area contributed by atoms with Crippen LogP contribution in [0, 0.1) is 10.8 Å². The number of hydrogen-bond donors (Lipinski definition) is 2. The van der Waals surface area contributed by atoms with Crippen molar-refractivity contribution in [3.8, 4) is 0 Å². The van der Waals surface area contributed by atoms with Gasteiger partial charge in [0.15, 0.2) is 0 Å². The second-order valence-electron chi connectivity index (χ2n) is 15.3. The van der Waals surface area contributed by atoms with Crippen molar-refractivity contribution in [2.75, 3.05) is 32.7 Å². The lowest BCUT2D eigenvalue weighted by Crippen LogP contribution is -2.53. The first-order valence-corrected chi connectivity index (χ1v) is 18.2. The van der Waals surface area contributed by atoms with Crippen molar-refractivity contribution in [3.05, 3.63) is 69.2 Å². The van der Waals surface area contributed by atoms with E-state index in [1.165, 1.54) is 53.5 Å². The second kappa shape index (κ2) is 10.4. The molecule has 4 unspecified atom stereocenters. The fourth-order valence-electron chi connectivity index (χ4n) is 11.5. The van der Waals surface area contributed by atoms with Crippen LogP contribution in [0.15, 0.2) is 52.4 Å². The normalized spacial score (nSPS) is 32.4. The highest BCUT2D eigenvalue weighted by molar-refractivity contribution is 6.49. The molecule has 0 amide bonds. The highest BCUT2D eigenvalue weighted by Gasteiger charge is 2.55.